The van der Waals surface area contributed by atoms with Crippen LogP contribution in [0.15, 0.2) is 9.59 Å². The molecule has 116 valence electrons. The van der Waals surface area contributed by atoms with Gasteiger partial charge in [0.25, 0.3) is 5.56 Å². The van der Waals surface area contributed by atoms with Crippen LogP contribution in [0.2, 0.25) is 0 Å². The molecule has 2 aromatic rings. The average Bonchev–Trinajstić information content (AvgIpc) is 2.78. The number of hydrogen-bond acceptors (Lipinski definition) is 5. The second-order valence-electron chi connectivity index (χ2n) is 4.94. The SMILES string of the molecule is COCCCn1c(=O)n(C)c(=O)c2c1nc(CCN)n2C. The Labute approximate surface area is 121 Å². The molecule has 0 atom stereocenters. The monoisotopic (exact) mass is 295 g/mol. The standard InChI is InChI=1S/C13H21N5O3/c1-16-9(5-6-14)15-11-10(16)12(19)17(2)13(20)18(11)7-4-8-21-3/h4-8,14H2,1-3H3. The van der Waals surface area contributed by atoms with E-state index < -0.39 is 0 Å². The van der Waals surface area contributed by atoms with Crippen molar-refractivity contribution in [3.8, 4) is 0 Å². The lowest BCUT2D eigenvalue weighted by molar-refractivity contribution is 0.190. The number of aryl methyl sites for hydroxylation is 2. The largest absolute Gasteiger partial charge is 0.385 e. The highest BCUT2D eigenvalue weighted by molar-refractivity contribution is 5.71. The Morgan fingerprint density at radius 3 is 2.57 bits per heavy atom. The van der Waals surface area contributed by atoms with E-state index in [4.69, 9.17) is 10.5 Å². The number of nitrogens with zero attached hydrogens (tertiary/aromatic N) is 4. The molecule has 2 aromatic heterocycles. The van der Waals surface area contributed by atoms with Crippen molar-refractivity contribution in [3.63, 3.8) is 0 Å². The number of rotatable bonds is 6. The maximum atomic E-state index is 12.3. The van der Waals surface area contributed by atoms with Gasteiger partial charge in [-0.1, -0.05) is 0 Å². The van der Waals surface area contributed by atoms with E-state index in [-0.39, 0.29) is 11.2 Å². The molecular weight excluding hydrogens is 274 g/mol. The molecule has 0 aliphatic heterocycles. The molecule has 0 bridgehead atoms. The summed E-state index contributed by atoms with van der Waals surface area (Å²) < 4.78 is 9.37. The summed E-state index contributed by atoms with van der Waals surface area (Å²) in [5.41, 5.74) is 5.72. The van der Waals surface area contributed by atoms with Crippen molar-refractivity contribution < 1.29 is 4.74 Å². The molecule has 0 radical (unpaired) electrons. The fourth-order valence-electron chi connectivity index (χ4n) is 2.40. The van der Waals surface area contributed by atoms with E-state index in [0.717, 1.165) is 4.57 Å². The zero-order valence-corrected chi connectivity index (χ0v) is 12.6. The number of aromatic nitrogens is 4. The van der Waals surface area contributed by atoms with Crippen LogP contribution >= 0.6 is 0 Å². The number of hydrogen-bond donors (Lipinski definition) is 1. The van der Waals surface area contributed by atoms with Crippen LogP contribution in [-0.4, -0.2) is 38.9 Å². The van der Waals surface area contributed by atoms with Gasteiger partial charge >= 0.3 is 5.69 Å². The van der Waals surface area contributed by atoms with Gasteiger partial charge < -0.3 is 15.0 Å². The summed E-state index contributed by atoms with van der Waals surface area (Å²) in [6, 6.07) is 0. The molecular formula is C13H21N5O3. The first kappa shape index (κ1) is 15.5. The third kappa shape index (κ3) is 2.64. The Morgan fingerprint density at radius 1 is 1.24 bits per heavy atom. The number of fused-ring (bicyclic) bond motifs is 1. The van der Waals surface area contributed by atoms with Gasteiger partial charge in [-0.2, -0.15) is 0 Å². The first-order valence-corrected chi connectivity index (χ1v) is 6.87. The first-order valence-electron chi connectivity index (χ1n) is 6.87. The Kier molecular flexibility index (Phi) is 4.59. The van der Waals surface area contributed by atoms with Crippen molar-refractivity contribution in [1.29, 1.82) is 0 Å². The number of ether oxygens (including phenoxy) is 1. The predicted octanol–water partition coefficient (Wildman–Crippen LogP) is -1.03. The van der Waals surface area contributed by atoms with Crippen molar-refractivity contribution in [2.75, 3.05) is 20.3 Å². The second-order valence-corrected chi connectivity index (χ2v) is 4.94. The topological polar surface area (TPSA) is 97.1 Å². The maximum absolute atomic E-state index is 12.3. The van der Waals surface area contributed by atoms with Crippen molar-refractivity contribution >= 4 is 11.2 Å². The van der Waals surface area contributed by atoms with Crippen LogP contribution in [0.4, 0.5) is 0 Å². The summed E-state index contributed by atoms with van der Waals surface area (Å²) in [5, 5.41) is 0. The molecule has 0 spiro atoms. The third-order valence-electron chi connectivity index (χ3n) is 3.55. The molecule has 8 nitrogen and oxygen atoms in total. The van der Waals surface area contributed by atoms with Crippen LogP contribution in [0.1, 0.15) is 12.2 Å². The highest BCUT2D eigenvalue weighted by atomic mass is 16.5. The minimum Gasteiger partial charge on any atom is -0.385 e. The van der Waals surface area contributed by atoms with Crippen LogP contribution in [-0.2, 0) is 31.8 Å². The van der Waals surface area contributed by atoms with Crippen LogP contribution in [0.3, 0.4) is 0 Å². The highest BCUT2D eigenvalue weighted by Crippen LogP contribution is 2.10. The lowest BCUT2D eigenvalue weighted by Crippen LogP contribution is -2.38. The molecule has 2 rings (SSSR count). The summed E-state index contributed by atoms with van der Waals surface area (Å²) in [6.07, 6.45) is 1.23. The molecule has 0 saturated carbocycles. The maximum Gasteiger partial charge on any atom is 0.332 e. The van der Waals surface area contributed by atoms with Crippen LogP contribution in [0.25, 0.3) is 11.2 Å². The minimum atomic E-state index is -0.360. The Hall–Kier alpha value is -1.93. The average molecular weight is 295 g/mol. The first-order chi connectivity index (χ1) is 10.0. The summed E-state index contributed by atoms with van der Waals surface area (Å²) in [4.78, 5) is 29.0. The van der Waals surface area contributed by atoms with Crippen molar-refractivity contribution in [1.82, 2.24) is 18.7 Å². The fourth-order valence-corrected chi connectivity index (χ4v) is 2.40. The van der Waals surface area contributed by atoms with Crippen LogP contribution in [0, 0.1) is 0 Å². The van der Waals surface area contributed by atoms with E-state index in [9.17, 15) is 9.59 Å². The molecule has 21 heavy (non-hydrogen) atoms. The van der Waals surface area contributed by atoms with E-state index >= 15 is 0 Å². The fraction of sp³-hybridized carbons (Fsp3) is 0.615. The minimum absolute atomic E-state index is 0.337. The number of methoxy groups -OCH3 is 1. The van der Waals surface area contributed by atoms with Crippen LogP contribution in [0.5, 0.6) is 0 Å². The second kappa shape index (κ2) is 6.23. The van der Waals surface area contributed by atoms with Gasteiger partial charge in [0.1, 0.15) is 5.82 Å². The Balaban J connectivity index is 2.69. The molecule has 2 N–H and O–H groups in total. The van der Waals surface area contributed by atoms with E-state index in [1.165, 1.54) is 11.6 Å². The molecule has 8 heteroatoms. The van der Waals surface area contributed by atoms with E-state index in [2.05, 4.69) is 4.98 Å². The smallest absolute Gasteiger partial charge is 0.332 e. The third-order valence-corrected chi connectivity index (χ3v) is 3.55. The zero-order valence-electron chi connectivity index (χ0n) is 12.6. The van der Waals surface area contributed by atoms with Crippen molar-refractivity contribution in [2.45, 2.75) is 19.4 Å². The van der Waals surface area contributed by atoms with E-state index in [0.29, 0.717) is 49.5 Å². The Bertz CT molecular complexity index is 756. The van der Waals surface area contributed by atoms with E-state index in [1.807, 2.05) is 0 Å². The summed E-state index contributed by atoms with van der Waals surface area (Å²) >= 11 is 0. The van der Waals surface area contributed by atoms with Gasteiger partial charge in [0.05, 0.1) is 0 Å². The normalized spacial score (nSPS) is 11.4. The summed E-state index contributed by atoms with van der Waals surface area (Å²) in [5.74, 6) is 0.704. The molecule has 0 amide bonds. The van der Waals surface area contributed by atoms with Gasteiger partial charge in [-0.05, 0) is 13.0 Å². The van der Waals surface area contributed by atoms with Gasteiger partial charge in [-0.15, -0.1) is 0 Å². The summed E-state index contributed by atoms with van der Waals surface area (Å²) in [7, 11) is 4.86. The van der Waals surface area contributed by atoms with Crippen molar-refractivity contribution in [2.24, 2.45) is 19.8 Å². The number of nitrogens with two attached hydrogens (primary N) is 1. The Morgan fingerprint density at radius 2 is 1.95 bits per heavy atom. The lowest BCUT2D eigenvalue weighted by Gasteiger charge is -2.08. The van der Waals surface area contributed by atoms with Gasteiger partial charge in [-0.25, -0.2) is 9.78 Å². The van der Waals surface area contributed by atoms with E-state index in [1.54, 1.807) is 18.7 Å². The van der Waals surface area contributed by atoms with Crippen LogP contribution < -0.4 is 17.0 Å². The molecule has 2 heterocycles. The van der Waals surface area contributed by atoms with Gasteiger partial charge in [0.2, 0.25) is 0 Å². The predicted molar refractivity (Wildman–Crippen MR) is 79.5 cm³/mol. The number of imidazole rings is 1. The summed E-state index contributed by atoms with van der Waals surface area (Å²) in [6.45, 7) is 1.43. The molecule has 0 unspecified atom stereocenters. The highest BCUT2D eigenvalue weighted by Gasteiger charge is 2.17. The molecule has 0 aliphatic rings. The zero-order chi connectivity index (χ0) is 15.6. The molecule has 0 aliphatic carbocycles. The van der Waals surface area contributed by atoms with Gasteiger partial charge in [-0.3, -0.25) is 13.9 Å². The van der Waals surface area contributed by atoms with Gasteiger partial charge in [0, 0.05) is 40.8 Å². The molecule has 0 aromatic carbocycles. The quantitative estimate of drug-likeness (QED) is 0.687. The lowest BCUT2D eigenvalue weighted by atomic mass is 10.4. The van der Waals surface area contributed by atoms with Gasteiger partial charge in [0.15, 0.2) is 11.2 Å². The molecule has 0 saturated heterocycles. The molecule has 0 fully saturated rings. The van der Waals surface area contributed by atoms with Crippen molar-refractivity contribution in [3.05, 3.63) is 26.7 Å².